The van der Waals surface area contributed by atoms with E-state index in [1.165, 1.54) is 6.07 Å². The first-order valence-electron chi connectivity index (χ1n) is 5.50. The Morgan fingerprint density at radius 1 is 1.47 bits per heavy atom. The van der Waals surface area contributed by atoms with E-state index in [4.69, 9.17) is 10.2 Å². The van der Waals surface area contributed by atoms with Crippen molar-refractivity contribution in [2.75, 3.05) is 18.5 Å². The summed E-state index contributed by atoms with van der Waals surface area (Å²) in [7, 11) is 0. The zero-order chi connectivity index (χ0) is 12.9. The number of nitrogens with one attached hydrogen (secondary N) is 1. The molecule has 1 aromatic rings. The maximum absolute atomic E-state index is 10.7. The fraction of sp³-hybridized carbons (Fsp3) is 0.500. The molecule has 0 unspecified atom stereocenters. The lowest BCUT2D eigenvalue weighted by atomic mass is 9.91. The first-order chi connectivity index (χ1) is 7.94. The van der Waals surface area contributed by atoms with Gasteiger partial charge in [0.1, 0.15) is 5.82 Å². The minimum atomic E-state index is -1.04. The molecule has 0 radical (unpaired) electrons. The van der Waals surface area contributed by atoms with Gasteiger partial charge in [-0.25, -0.2) is 9.78 Å². The molecule has 1 aromatic heterocycles. The molecule has 94 valence electrons. The summed E-state index contributed by atoms with van der Waals surface area (Å²) >= 11 is 0. The lowest BCUT2D eigenvalue weighted by Gasteiger charge is -2.21. The molecule has 5 heteroatoms. The monoisotopic (exact) mass is 238 g/mol. The number of carbonyl (C=O) groups is 1. The highest BCUT2D eigenvalue weighted by atomic mass is 16.4. The summed E-state index contributed by atoms with van der Waals surface area (Å²) in [4.78, 5) is 14.7. The molecule has 5 nitrogen and oxygen atoms in total. The number of pyridine rings is 1. The van der Waals surface area contributed by atoms with Crippen LogP contribution >= 0.6 is 0 Å². The molecule has 0 atom stereocenters. The quantitative estimate of drug-likeness (QED) is 0.701. The van der Waals surface area contributed by atoms with Crippen LogP contribution in [0.4, 0.5) is 5.82 Å². The van der Waals surface area contributed by atoms with Gasteiger partial charge in [0.05, 0.1) is 0 Å². The number of aromatic nitrogens is 1. The zero-order valence-corrected chi connectivity index (χ0v) is 10.1. The number of aliphatic hydroxyl groups is 1. The van der Waals surface area contributed by atoms with Crippen LogP contribution in [0.3, 0.4) is 0 Å². The van der Waals surface area contributed by atoms with E-state index in [1.807, 2.05) is 13.8 Å². The molecular weight excluding hydrogens is 220 g/mol. The zero-order valence-electron chi connectivity index (χ0n) is 10.1. The summed E-state index contributed by atoms with van der Waals surface area (Å²) < 4.78 is 0. The molecule has 0 bridgehead atoms. The molecule has 0 aliphatic carbocycles. The van der Waals surface area contributed by atoms with Crippen molar-refractivity contribution in [1.82, 2.24) is 4.98 Å². The fourth-order valence-electron chi connectivity index (χ4n) is 1.26. The summed E-state index contributed by atoms with van der Waals surface area (Å²) in [5, 5.41) is 20.9. The summed E-state index contributed by atoms with van der Waals surface area (Å²) in [5.74, 6) is -0.497. The molecule has 0 aromatic carbocycles. The topological polar surface area (TPSA) is 82.5 Å². The van der Waals surface area contributed by atoms with Crippen LogP contribution in [-0.2, 0) is 0 Å². The van der Waals surface area contributed by atoms with Crippen molar-refractivity contribution in [2.45, 2.75) is 20.3 Å². The van der Waals surface area contributed by atoms with E-state index >= 15 is 0 Å². The Labute approximate surface area is 101 Å². The van der Waals surface area contributed by atoms with Crippen LogP contribution in [0, 0.1) is 5.41 Å². The SMILES string of the molecule is CC(C)(CO)CCNc1cccc(C(=O)O)n1. The van der Waals surface area contributed by atoms with Crippen molar-refractivity contribution in [2.24, 2.45) is 5.41 Å². The highest BCUT2D eigenvalue weighted by molar-refractivity contribution is 5.85. The van der Waals surface area contributed by atoms with Crippen LogP contribution in [-0.4, -0.2) is 34.3 Å². The van der Waals surface area contributed by atoms with E-state index in [0.29, 0.717) is 12.4 Å². The van der Waals surface area contributed by atoms with Gasteiger partial charge < -0.3 is 15.5 Å². The molecule has 0 saturated carbocycles. The van der Waals surface area contributed by atoms with E-state index in [-0.39, 0.29) is 17.7 Å². The number of carboxylic acids is 1. The molecule has 0 fully saturated rings. The average Bonchev–Trinajstić information content (AvgIpc) is 2.29. The van der Waals surface area contributed by atoms with Crippen molar-refractivity contribution in [3.05, 3.63) is 23.9 Å². The van der Waals surface area contributed by atoms with E-state index in [2.05, 4.69) is 10.3 Å². The van der Waals surface area contributed by atoms with Gasteiger partial charge in [0.15, 0.2) is 5.69 Å². The van der Waals surface area contributed by atoms with Crippen molar-refractivity contribution in [1.29, 1.82) is 0 Å². The molecule has 3 N–H and O–H groups in total. The Hall–Kier alpha value is -1.62. The number of rotatable bonds is 6. The highest BCUT2D eigenvalue weighted by Crippen LogP contribution is 2.18. The summed E-state index contributed by atoms with van der Waals surface area (Å²) in [6.45, 7) is 4.70. The Morgan fingerprint density at radius 3 is 2.76 bits per heavy atom. The number of aromatic carboxylic acids is 1. The lowest BCUT2D eigenvalue weighted by Crippen LogP contribution is -2.21. The smallest absolute Gasteiger partial charge is 0.354 e. The molecule has 0 saturated heterocycles. The van der Waals surface area contributed by atoms with Gasteiger partial charge in [0, 0.05) is 13.2 Å². The Balaban J connectivity index is 2.52. The molecule has 17 heavy (non-hydrogen) atoms. The second-order valence-electron chi connectivity index (χ2n) is 4.71. The fourth-order valence-corrected chi connectivity index (χ4v) is 1.26. The van der Waals surface area contributed by atoms with Crippen LogP contribution in [0.1, 0.15) is 30.8 Å². The Bertz CT molecular complexity index is 391. The van der Waals surface area contributed by atoms with Gasteiger partial charge in [0.25, 0.3) is 0 Å². The molecule has 0 aliphatic rings. The minimum Gasteiger partial charge on any atom is -0.477 e. The number of hydrogen-bond donors (Lipinski definition) is 3. The second kappa shape index (κ2) is 5.63. The number of aliphatic hydroxyl groups excluding tert-OH is 1. The van der Waals surface area contributed by atoms with E-state index in [1.54, 1.807) is 12.1 Å². The van der Waals surface area contributed by atoms with Crippen LogP contribution in [0.25, 0.3) is 0 Å². The third-order valence-electron chi connectivity index (χ3n) is 2.50. The Morgan fingerprint density at radius 2 is 2.18 bits per heavy atom. The molecule has 0 amide bonds. The number of carboxylic acid groups (broad SMARTS) is 1. The Kier molecular flexibility index (Phi) is 4.45. The van der Waals surface area contributed by atoms with Crippen LogP contribution in [0.5, 0.6) is 0 Å². The molecule has 0 aliphatic heterocycles. The van der Waals surface area contributed by atoms with Gasteiger partial charge >= 0.3 is 5.97 Å². The van der Waals surface area contributed by atoms with Crippen LogP contribution in [0.2, 0.25) is 0 Å². The largest absolute Gasteiger partial charge is 0.477 e. The standard InChI is InChI=1S/C12H18N2O3/c1-12(2,8-15)6-7-13-10-5-3-4-9(14-10)11(16)17/h3-5,15H,6-8H2,1-2H3,(H,13,14)(H,16,17). The second-order valence-corrected chi connectivity index (χ2v) is 4.71. The number of nitrogens with zero attached hydrogens (tertiary/aromatic N) is 1. The van der Waals surface area contributed by atoms with E-state index in [9.17, 15) is 4.79 Å². The van der Waals surface area contributed by atoms with Gasteiger partial charge in [-0.05, 0) is 24.0 Å². The van der Waals surface area contributed by atoms with Gasteiger partial charge in [0.2, 0.25) is 0 Å². The van der Waals surface area contributed by atoms with Gasteiger partial charge in [-0.15, -0.1) is 0 Å². The predicted octanol–water partition coefficient (Wildman–Crippen LogP) is 1.60. The molecule has 1 heterocycles. The van der Waals surface area contributed by atoms with Crippen molar-refractivity contribution < 1.29 is 15.0 Å². The predicted molar refractivity (Wildman–Crippen MR) is 65.2 cm³/mol. The van der Waals surface area contributed by atoms with Gasteiger partial charge in [-0.3, -0.25) is 0 Å². The maximum Gasteiger partial charge on any atom is 0.354 e. The number of anilines is 1. The van der Waals surface area contributed by atoms with Crippen molar-refractivity contribution >= 4 is 11.8 Å². The summed E-state index contributed by atoms with van der Waals surface area (Å²) in [5.41, 5.74) is -0.117. The first-order valence-corrected chi connectivity index (χ1v) is 5.50. The van der Waals surface area contributed by atoms with Crippen LogP contribution in [0.15, 0.2) is 18.2 Å². The summed E-state index contributed by atoms with van der Waals surface area (Å²) in [6, 6.07) is 4.82. The van der Waals surface area contributed by atoms with Crippen molar-refractivity contribution in [3.63, 3.8) is 0 Å². The average molecular weight is 238 g/mol. The maximum atomic E-state index is 10.7. The first kappa shape index (κ1) is 13.4. The molecule has 0 spiro atoms. The van der Waals surface area contributed by atoms with Gasteiger partial charge in [-0.2, -0.15) is 0 Å². The van der Waals surface area contributed by atoms with Crippen LogP contribution < -0.4 is 5.32 Å². The summed E-state index contributed by atoms with van der Waals surface area (Å²) in [6.07, 6.45) is 0.780. The normalized spacial score (nSPS) is 11.2. The van der Waals surface area contributed by atoms with Gasteiger partial charge in [-0.1, -0.05) is 19.9 Å². The molecule has 1 rings (SSSR count). The third kappa shape index (κ3) is 4.40. The van der Waals surface area contributed by atoms with E-state index in [0.717, 1.165) is 6.42 Å². The highest BCUT2D eigenvalue weighted by Gasteiger charge is 2.15. The third-order valence-corrected chi connectivity index (χ3v) is 2.50. The lowest BCUT2D eigenvalue weighted by molar-refractivity contribution is 0.0690. The number of hydrogen-bond acceptors (Lipinski definition) is 4. The van der Waals surface area contributed by atoms with E-state index < -0.39 is 5.97 Å². The minimum absolute atomic E-state index is 0.0245. The molecular formula is C12H18N2O3. The van der Waals surface area contributed by atoms with Crippen molar-refractivity contribution in [3.8, 4) is 0 Å².